The van der Waals surface area contributed by atoms with Gasteiger partial charge in [0.05, 0.1) is 12.0 Å². The van der Waals surface area contributed by atoms with E-state index in [1.165, 1.54) is 5.56 Å². The maximum Gasteiger partial charge on any atom is 0.296 e. The number of benzene rings is 2. The second-order valence-corrected chi connectivity index (χ2v) is 6.25. The van der Waals surface area contributed by atoms with E-state index in [1.807, 2.05) is 24.3 Å². The highest BCUT2D eigenvalue weighted by Gasteiger charge is 2.12. The zero-order chi connectivity index (χ0) is 13.9. The zero-order valence-electron chi connectivity index (χ0n) is 10.3. The Morgan fingerprint density at radius 2 is 1.42 bits per heavy atom. The Morgan fingerprint density at radius 3 is 1.84 bits per heavy atom. The van der Waals surface area contributed by atoms with Gasteiger partial charge in [-0.3, -0.25) is 4.18 Å². The van der Waals surface area contributed by atoms with Crippen molar-refractivity contribution in [2.75, 3.05) is 7.11 Å². The van der Waals surface area contributed by atoms with E-state index in [9.17, 15) is 8.42 Å². The molecule has 0 aliphatic carbocycles. The third kappa shape index (κ3) is 3.23. The highest BCUT2D eigenvalue weighted by Crippen LogP contribution is 2.22. The van der Waals surface area contributed by atoms with Gasteiger partial charge in [-0.25, -0.2) is 0 Å². The summed E-state index contributed by atoms with van der Waals surface area (Å²) in [6.07, 6.45) is 0. The summed E-state index contributed by atoms with van der Waals surface area (Å²) in [5, 5.41) is 0.818. The fourth-order valence-electron chi connectivity index (χ4n) is 1.70. The largest absolute Gasteiger partial charge is 0.296 e. The van der Waals surface area contributed by atoms with Crippen LogP contribution in [0.3, 0.4) is 0 Å². The molecule has 0 bridgehead atoms. The lowest BCUT2D eigenvalue weighted by Gasteiger charge is -2.05. The average Bonchev–Trinajstić information content (AvgIpc) is 2.47. The second-order valence-electron chi connectivity index (χ2n) is 3.98. The van der Waals surface area contributed by atoms with Gasteiger partial charge in [-0.2, -0.15) is 8.42 Å². The third-order valence-electron chi connectivity index (χ3n) is 2.80. The molecular weight excluding hydrogens is 328 g/mol. The van der Waals surface area contributed by atoms with Gasteiger partial charge in [0.25, 0.3) is 10.1 Å². The van der Waals surface area contributed by atoms with E-state index >= 15 is 0 Å². The first-order valence-corrected chi connectivity index (χ1v) is 8.16. The lowest BCUT2D eigenvalue weighted by molar-refractivity contribution is 0.398. The van der Waals surface area contributed by atoms with Crippen LogP contribution in [-0.2, 0) is 19.6 Å². The minimum Gasteiger partial charge on any atom is -0.270 e. The van der Waals surface area contributed by atoms with Crippen LogP contribution in [0.15, 0.2) is 53.4 Å². The zero-order valence-corrected chi connectivity index (χ0v) is 12.7. The Kier molecular flexibility index (Phi) is 4.39. The molecule has 2 rings (SSSR count). The molecule has 2 aromatic rings. The molecule has 0 unspecified atom stereocenters. The first kappa shape index (κ1) is 14.2. The molecule has 0 amide bonds. The SMILES string of the molecule is COS(=O)(=O)c1ccc(-c2ccc(CBr)cc2)cc1. The number of halogens is 1. The highest BCUT2D eigenvalue weighted by atomic mass is 79.9. The van der Waals surface area contributed by atoms with Crippen molar-refractivity contribution in [2.24, 2.45) is 0 Å². The summed E-state index contributed by atoms with van der Waals surface area (Å²) >= 11 is 3.40. The Bertz CT molecular complexity index is 646. The molecule has 3 nitrogen and oxygen atoms in total. The van der Waals surface area contributed by atoms with Gasteiger partial charge < -0.3 is 0 Å². The van der Waals surface area contributed by atoms with Crippen LogP contribution in [0.25, 0.3) is 11.1 Å². The highest BCUT2D eigenvalue weighted by molar-refractivity contribution is 9.08. The molecule has 0 aliphatic heterocycles. The molecule has 0 saturated carbocycles. The predicted octanol–water partition coefficient (Wildman–Crippen LogP) is 3.58. The number of hydrogen-bond donors (Lipinski definition) is 0. The molecule has 0 heterocycles. The van der Waals surface area contributed by atoms with Gasteiger partial charge in [-0.1, -0.05) is 52.3 Å². The van der Waals surface area contributed by atoms with Crippen molar-refractivity contribution in [1.29, 1.82) is 0 Å². The molecule has 0 radical (unpaired) electrons. The van der Waals surface area contributed by atoms with E-state index in [1.54, 1.807) is 24.3 Å². The Hall–Kier alpha value is -1.17. The van der Waals surface area contributed by atoms with E-state index < -0.39 is 10.1 Å². The molecule has 0 aliphatic rings. The molecule has 5 heteroatoms. The van der Waals surface area contributed by atoms with Crippen LogP contribution in [0, 0.1) is 0 Å². The summed E-state index contributed by atoms with van der Waals surface area (Å²) < 4.78 is 27.5. The molecule has 0 aromatic heterocycles. The summed E-state index contributed by atoms with van der Waals surface area (Å²) in [7, 11) is -2.46. The van der Waals surface area contributed by atoms with Gasteiger partial charge in [-0.05, 0) is 28.8 Å². The smallest absolute Gasteiger partial charge is 0.270 e. The van der Waals surface area contributed by atoms with Crippen LogP contribution in [0.5, 0.6) is 0 Å². The fraction of sp³-hybridized carbons (Fsp3) is 0.143. The summed E-state index contributed by atoms with van der Waals surface area (Å²) in [5.74, 6) is 0. The normalized spacial score (nSPS) is 11.5. The van der Waals surface area contributed by atoms with Crippen molar-refractivity contribution < 1.29 is 12.6 Å². The van der Waals surface area contributed by atoms with Crippen molar-refractivity contribution >= 4 is 26.0 Å². The van der Waals surface area contributed by atoms with Gasteiger partial charge >= 0.3 is 0 Å². The molecule has 0 N–H and O–H groups in total. The molecule has 19 heavy (non-hydrogen) atoms. The van der Waals surface area contributed by atoms with Gasteiger partial charge in [0.1, 0.15) is 0 Å². The monoisotopic (exact) mass is 340 g/mol. The van der Waals surface area contributed by atoms with Crippen molar-refractivity contribution in [3.8, 4) is 11.1 Å². The summed E-state index contributed by atoms with van der Waals surface area (Å²) in [6.45, 7) is 0. The first-order chi connectivity index (χ1) is 9.06. The maximum absolute atomic E-state index is 11.5. The molecule has 100 valence electrons. The lowest BCUT2D eigenvalue weighted by Crippen LogP contribution is -2.02. The van der Waals surface area contributed by atoms with Crippen molar-refractivity contribution in [1.82, 2.24) is 0 Å². The van der Waals surface area contributed by atoms with E-state index in [4.69, 9.17) is 0 Å². The number of alkyl halides is 1. The van der Waals surface area contributed by atoms with Gasteiger partial charge in [0.15, 0.2) is 0 Å². The standard InChI is InChI=1S/C14H13BrO3S/c1-18-19(16,17)14-8-6-13(7-9-14)12-4-2-11(10-15)3-5-12/h2-9H,10H2,1H3. The minimum absolute atomic E-state index is 0.163. The molecule has 0 saturated heterocycles. The van der Waals surface area contributed by atoms with Crippen LogP contribution in [0.2, 0.25) is 0 Å². The van der Waals surface area contributed by atoms with Crippen molar-refractivity contribution in [3.63, 3.8) is 0 Å². The molecule has 0 spiro atoms. The fourth-order valence-corrected chi connectivity index (χ4v) is 2.73. The maximum atomic E-state index is 11.5. The second kappa shape index (κ2) is 5.86. The number of hydrogen-bond acceptors (Lipinski definition) is 3. The van der Waals surface area contributed by atoms with Gasteiger partial charge in [-0.15, -0.1) is 0 Å². The first-order valence-electron chi connectivity index (χ1n) is 5.63. The Morgan fingerprint density at radius 1 is 0.947 bits per heavy atom. The predicted molar refractivity (Wildman–Crippen MR) is 78.7 cm³/mol. The van der Waals surface area contributed by atoms with Crippen LogP contribution < -0.4 is 0 Å². The third-order valence-corrected chi connectivity index (χ3v) is 4.74. The quantitative estimate of drug-likeness (QED) is 0.631. The van der Waals surface area contributed by atoms with Crippen molar-refractivity contribution in [3.05, 3.63) is 54.1 Å². The average molecular weight is 341 g/mol. The van der Waals surface area contributed by atoms with Crippen LogP contribution >= 0.6 is 15.9 Å². The summed E-state index contributed by atoms with van der Waals surface area (Å²) in [6, 6.07) is 14.7. The van der Waals surface area contributed by atoms with Crippen LogP contribution in [0.1, 0.15) is 5.56 Å². The van der Waals surface area contributed by atoms with Crippen LogP contribution in [0.4, 0.5) is 0 Å². The topological polar surface area (TPSA) is 43.4 Å². The van der Waals surface area contributed by atoms with E-state index in [0.29, 0.717) is 0 Å². The lowest BCUT2D eigenvalue weighted by atomic mass is 10.0. The number of rotatable bonds is 4. The van der Waals surface area contributed by atoms with E-state index in [2.05, 4.69) is 20.1 Å². The van der Waals surface area contributed by atoms with Crippen molar-refractivity contribution in [2.45, 2.75) is 10.2 Å². The molecule has 0 fully saturated rings. The van der Waals surface area contributed by atoms with Crippen LogP contribution in [-0.4, -0.2) is 15.5 Å². The summed E-state index contributed by atoms with van der Waals surface area (Å²) in [5.41, 5.74) is 3.21. The van der Waals surface area contributed by atoms with E-state index in [-0.39, 0.29) is 4.90 Å². The Labute approximate surface area is 121 Å². The van der Waals surface area contributed by atoms with Gasteiger partial charge in [0, 0.05) is 5.33 Å². The van der Waals surface area contributed by atoms with Gasteiger partial charge in [0.2, 0.25) is 0 Å². The molecule has 2 aromatic carbocycles. The van der Waals surface area contributed by atoms with E-state index in [0.717, 1.165) is 23.6 Å². The minimum atomic E-state index is -3.61. The summed E-state index contributed by atoms with van der Waals surface area (Å²) in [4.78, 5) is 0.163. The molecule has 0 atom stereocenters. The molecular formula is C14H13BrO3S. The Balaban J connectivity index is 2.32.